The van der Waals surface area contributed by atoms with E-state index in [0.717, 1.165) is 19.5 Å². The van der Waals surface area contributed by atoms with Gasteiger partial charge in [0.1, 0.15) is 0 Å². The molecule has 0 spiro atoms. The predicted octanol–water partition coefficient (Wildman–Crippen LogP) is 2.54. The van der Waals surface area contributed by atoms with Gasteiger partial charge in [-0.3, -0.25) is 0 Å². The Morgan fingerprint density at radius 1 is 1.24 bits per heavy atom. The molecule has 0 bridgehead atoms. The zero-order valence-corrected chi connectivity index (χ0v) is 11.7. The zero-order chi connectivity index (χ0) is 13.1. The summed E-state index contributed by atoms with van der Waals surface area (Å²) >= 11 is 0. The van der Waals surface area contributed by atoms with Gasteiger partial charge < -0.3 is 15.0 Å². The molecular formula is C14H26N2O. The van der Waals surface area contributed by atoms with E-state index in [4.69, 9.17) is 0 Å². The maximum absolute atomic E-state index is 9.74. The van der Waals surface area contributed by atoms with Gasteiger partial charge in [0.25, 0.3) is 0 Å². The van der Waals surface area contributed by atoms with E-state index in [0.29, 0.717) is 0 Å². The molecule has 0 aromatic carbocycles. The van der Waals surface area contributed by atoms with Crippen LogP contribution in [-0.2, 0) is 13.1 Å². The monoisotopic (exact) mass is 238 g/mol. The molecule has 0 saturated carbocycles. The highest BCUT2D eigenvalue weighted by molar-refractivity contribution is 5.07. The largest absolute Gasteiger partial charge is 0.390 e. The maximum Gasteiger partial charge on any atom is 0.0608 e. The molecule has 0 saturated heterocycles. The molecule has 0 atom stereocenters. The molecule has 0 amide bonds. The Hall–Kier alpha value is -0.800. The number of nitrogens with one attached hydrogen (secondary N) is 1. The first-order valence-corrected chi connectivity index (χ1v) is 6.29. The van der Waals surface area contributed by atoms with Crippen LogP contribution >= 0.6 is 0 Å². The summed E-state index contributed by atoms with van der Waals surface area (Å²) in [5.74, 6) is 0. The Kier molecular flexibility index (Phi) is 4.39. The molecule has 0 fully saturated rings. The lowest BCUT2D eigenvalue weighted by atomic mass is 10.1. The maximum atomic E-state index is 9.74. The van der Waals surface area contributed by atoms with Crippen molar-refractivity contribution in [2.45, 2.75) is 65.3 Å². The minimum atomic E-state index is -0.598. The predicted molar refractivity (Wildman–Crippen MR) is 71.9 cm³/mol. The van der Waals surface area contributed by atoms with E-state index in [1.54, 1.807) is 0 Å². The van der Waals surface area contributed by atoms with Crippen molar-refractivity contribution < 1.29 is 5.11 Å². The first kappa shape index (κ1) is 14.3. The molecule has 0 aliphatic rings. The van der Waals surface area contributed by atoms with Crippen LogP contribution in [0.3, 0.4) is 0 Å². The fraction of sp³-hybridized carbons (Fsp3) is 0.714. The van der Waals surface area contributed by atoms with Gasteiger partial charge in [0, 0.05) is 30.5 Å². The molecule has 2 N–H and O–H groups in total. The second kappa shape index (κ2) is 5.23. The van der Waals surface area contributed by atoms with Gasteiger partial charge in [0.2, 0.25) is 0 Å². The van der Waals surface area contributed by atoms with E-state index in [1.807, 2.05) is 13.8 Å². The van der Waals surface area contributed by atoms with Crippen LogP contribution in [0.25, 0.3) is 0 Å². The van der Waals surface area contributed by atoms with E-state index in [9.17, 15) is 5.11 Å². The summed E-state index contributed by atoms with van der Waals surface area (Å²) in [6.45, 7) is 11.9. The van der Waals surface area contributed by atoms with Crippen molar-refractivity contribution in [2.24, 2.45) is 0 Å². The molecule has 17 heavy (non-hydrogen) atoms. The average molecular weight is 238 g/mol. The van der Waals surface area contributed by atoms with Crippen molar-refractivity contribution in [1.82, 2.24) is 9.88 Å². The molecule has 3 nitrogen and oxygen atoms in total. The Labute approximate surface area is 105 Å². The molecule has 1 rings (SSSR count). The second-order valence-corrected chi connectivity index (χ2v) is 6.36. The molecule has 1 aromatic rings. The van der Waals surface area contributed by atoms with Gasteiger partial charge in [0.05, 0.1) is 5.60 Å². The third kappa shape index (κ3) is 5.89. The third-order valence-corrected chi connectivity index (χ3v) is 2.69. The summed E-state index contributed by atoms with van der Waals surface area (Å²) in [7, 11) is 0. The van der Waals surface area contributed by atoms with Gasteiger partial charge in [-0.2, -0.15) is 0 Å². The fourth-order valence-electron chi connectivity index (χ4n) is 1.58. The lowest BCUT2D eigenvalue weighted by Gasteiger charge is -2.22. The van der Waals surface area contributed by atoms with Crippen molar-refractivity contribution in [3.05, 3.63) is 24.0 Å². The minimum absolute atomic E-state index is 0.130. The number of nitrogens with zero attached hydrogens (tertiary/aromatic N) is 1. The number of hydrogen-bond donors (Lipinski definition) is 2. The first-order valence-electron chi connectivity index (χ1n) is 6.29. The molecule has 1 aromatic heterocycles. The highest BCUT2D eigenvalue weighted by Crippen LogP contribution is 2.12. The minimum Gasteiger partial charge on any atom is -0.390 e. The van der Waals surface area contributed by atoms with E-state index < -0.39 is 5.60 Å². The smallest absolute Gasteiger partial charge is 0.0608 e. The Morgan fingerprint density at radius 3 is 2.41 bits per heavy atom. The van der Waals surface area contributed by atoms with E-state index in [2.05, 4.69) is 49.0 Å². The van der Waals surface area contributed by atoms with Crippen LogP contribution in [0.5, 0.6) is 0 Å². The number of rotatable bonds is 5. The Bertz CT molecular complexity index is 309. The van der Waals surface area contributed by atoms with Crippen LogP contribution in [0.4, 0.5) is 0 Å². The summed E-state index contributed by atoms with van der Waals surface area (Å²) < 4.78 is 2.21. The van der Waals surface area contributed by atoms with Crippen molar-refractivity contribution >= 4 is 0 Å². The number of aryl methyl sites for hydroxylation is 1. The first-order chi connectivity index (χ1) is 7.67. The van der Waals surface area contributed by atoms with E-state index >= 15 is 0 Å². The van der Waals surface area contributed by atoms with Crippen LogP contribution in [0.15, 0.2) is 18.3 Å². The van der Waals surface area contributed by atoms with Gasteiger partial charge >= 0.3 is 0 Å². The number of aromatic nitrogens is 1. The Morgan fingerprint density at radius 2 is 1.88 bits per heavy atom. The van der Waals surface area contributed by atoms with Crippen molar-refractivity contribution in [3.63, 3.8) is 0 Å². The SMILES string of the molecule is CC(C)(O)CCn1cccc1CNC(C)(C)C. The molecule has 0 unspecified atom stereocenters. The van der Waals surface area contributed by atoms with Crippen molar-refractivity contribution in [3.8, 4) is 0 Å². The van der Waals surface area contributed by atoms with E-state index in [-0.39, 0.29) is 5.54 Å². The molecule has 0 aliphatic heterocycles. The van der Waals surface area contributed by atoms with Crippen LogP contribution in [-0.4, -0.2) is 20.8 Å². The van der Waals surface area contributed by atoms with Crippen molar-refractivity contribution in [2.75, 3.05) is 0 Å². The average Bonchev–Trinajstić information content (AvgIpc) is 2.56. The molecule has 1 heterocycles. The van der Waals surface area contributed by atoms with Crippen LogP contribution in [0.1, 0.15) is 46.7 Å². The van der Waals surface area contributed by atoms with Gasteiger partial charge in [-0.15, -0.1) is 0 Å². The van der Waals surface area contributed by atoms with Gasteiger partial charge in [-0.05, 0) is 53.2 Å². The second-order valence-electron chi connectivity index (χ2n) is 6.36. The number of aliphatic hydroxyl groups is 1. The van der Waals surface area contributed by atoms with Crippen molar-refractivity contribution in [1.29, 1.82) is 0 Å². The highest BCUT2D eigenvalue weighted by atomic mass is 16.3. The molecule has 98 valence electrons. The summed E-state index contributed by atoms with van der Waals surface area (Å²) in [6.07, 6.45) is 2.84. The summed E-state index contributed by atoms with van der Waals surface area (Å²) in [4.78, 5) is 0. The number of hydrogen-bond acceptors (Lipinski definition) is 2. The Balaban J connectivity index is 2.54. The van der Waals surface area contributed by atoms with Crippen LogP contribution < -0.4 is 5.32 Å². The zero-order valence-electron chi connectivity index (χ0n) is 11.7. The topological polar surface area (TPSA) is 37.2 Å². The molecule has 0 radical (unpaired) electrons. The highest BCUT2D eigenvalue weighted by Gasteiger charge is 2.14. The summed E-state index contributed by atoms with van der Waals surface area (Å²) in [5, 5.41) is 13.2. The van der Waals surface area contributed by atoms with E-state index in [1.165, 1.54) is 5.69 Å². The van der Waals surface area contributed by atoms with Gasteiger partial charge in [0.15, 0.2) is 0 Å². The lowest BCUT2D eigenvalue weighted by Crippen LogP contribution is -2.35. The van der Waals surface area contributed by atoms with Crippen LogP contribution in [0, 0.1) is 0 Å². The standard InChI is InChI=1S/C14H26N2O/c1-13(2,3)15-11-12-7-6-9-16(12)10-8-14(4,5)17/h6-7,9,15,17H,8,10-11H2,1-5H3. The van der Waals surface area contributed by atoms with Gasteiger partial charge in [-0.1, -0.05) is 0 Å². The molecule has 3 heteroatoms. The lowest BCUT2D eigenvalue weighted by molar-refractivity contribution is 0.0660. The quantitative estimate of drug-likeness (QED) is 0.827. The van der Waals surface area contributed by atoms with Crippen LogP contribution in [0.2, 0.25) is 0 Å². The normalized spacial score (nSPS) is 13.1. The summed E-state index contributed by atoms with van der Waals surface area (Å²) in [5.41, 5.74) is 0.800. The molecular weight excluding hydrogens is 212 g/mol. The summed E-state index contributed by atoms with van der Waals surface area (Å²) in [6, 6.07) is 4.19. The van der Waals surface area contributed by atoms with Gasteiger partial charge in [-0.25, -0.2) is 0 Å². The third-order valence-electron chi connectivity index (χ3n) is 2.69. The fourth-order valence-corrected chi connectivity index (χ4v) is 1.58. The molecule has 0 aliphatic carbocycles.